The van der Waals surface area contributed by atoms with Gasteiger partial charge < -0.3 is 11.1 Å². The summed E-state index contributed by atoms with van der Waals surface area (Å²) in [5, 5.41) is 1.94. The Kier molecular flexibility index (Phi) is 5.77. The van der Waals surface area contributed by atoms with Crippen molar-refractivity contribution in [3.05, 3.63) is 70.5 Å². The first-order valence-electron chi connectivity index (χ1n) is 7.40. The van der Waals surface area contributed by atoms with E-state index in [1.54, 1.807) is 0 Å². The number of halogens is 6. The molecule has 0 radical (unpaired) electrons. The first-order valence-corrected chi connectivity index (χ1v) is 7.40. The number of primary amides is 1. The number of hydrogen-bond acceptors (Lipinski definition) is 2. The van der Waals surface area contributed by atoms with Gasteiger partial charge in [0, 0.05) is 18.6 Å². The molecular formula is C17H12F6N2O2. The van der Waals surface area contributed by atoms with Gasteiger partial charge in [-0.15, -0.1) is 0 Å². The third kappa shape index (κ3) is 4.99. The van der Waals surface area contributed by atoms with Crippen molar-refractivity contribution in [3.8, 4) is 0 Å². The molecule has 2 amide bonds. The summed E-state index contributed by atoms with van der Waals surface area (Å²) in [6.45, 7) is 0. The van der Waals surface area contributed by atoms with Crippen LogP contribution in [0.5, 0.6) is 0 Å². The van der Waals surface area contributed by atoms with Gasteiger partial charge in [-0.1, -0.05) is 18.2 Å². The minimum Gasteiger partial charge on any atom is -0.368 e. The van der Waals surface area contributed by atoms with Crippen molar-refractivity contribution in [2.75, 3.05) is 0 Å². The van der Waals surface area contributed by atoms with Crippen molar-refractivity contribution >= 4 is 11.8 Å². The van der Waals surface area contributed by atoms with Crippen LogP contribution in [-0.4, -0.2) is 17.9 Å². The molecule has 0 heterocycles. The Bertz CT molecular complexity index is 859. The van der Waals surface area contributed by atoms with Crippen LogP contribution in [0.4, 0.5) is 26.3 Å². The summed E-state index contributed by atoms with van der Waals surface area (Å²) in [5.74, 6) is -6.80. The zero-order valence-electron chi connectivity index (χ0n) is 13.4. The molecule has 0 aromatic heterocycles. The minimum absolute atomic E-state index is 0.00831. The molecule has 0 fully saturated rings. The predicted octanol–water partition coefficient (Wildman–Crippen LogP) is 2.95. The number of carbonyl (C=O) groups excluding carboxylic acids is 2. The molecule has 0 bridgehead atoms. The van der Waals surface area contributed by atoms with E-state index in [1.165, 1.54) is 6.07 Å². The molecule has 0 unspecified atom stereocenters. The average molecular weight is 390 g/mol. The Morgan fingerprint density at radius 3 is 2.15 bits per heavy atom. The lowest BCUT2D eigenvalue weighted by atomic mass is 10.0. The van der Waals surface area contributed by atoms with E-state index in [2.05, 4.69) is 0 Å². The smallest absolute Gasteiger partial charge is 0.368 e. The van der Waals surface area contributed by atoms with Crippen LogP contribution in [0.3, 0.4) is 0 Å². The molecule has 2 rings (SSSR count). The van der Waals surface area contributed by atoms with Gasteiger partial charge in [-0.3, -0.25) is 9.59 Å². The molecule has 27 heavy (non-hydrogen) atoms. The summed E-state index contributed by atoms with van der Waals surface area (Å²) in [4.78, 5) is 23.5. The number of rotatable bonds is 5. The van der Waals surface area contributed by atoms with E-state index in [1.807, 2.05) is 5.32 Å². The normalized spacial score (nSPS) is 12.5. The molecule has 1 atom stereocenters. The van der Waals surface area contributed by atoms with Crippen LogP contribution in [-0.2, 0) is 17.4 Å². The topological polar surface area (TPSA) is 72.2 Å². The molecule has 3 N–H and O–H groups in total. The number of nitrogens with two attached hydrogens (primary N) is 1. The fraction of sp³-hybridized carbons (Fsp3) is 0.176. The second kappa shape index (κ2) is 7.68. The van der Waals surface area contributed by atoms with Crippen molar-refractivity contribution < 1.29 is 35.9 Å². The van der Waals surface area contributed by atoms with E-state index >= 15 is 0 Å². The average Bonchev–Trinajstić information content (AvgIpc) is 2.52. The minimum atomic E-state index is -4.62. The van der Waals surface area contributed by atoms with E-state index in [-0.39, 0.29) is 17.7 Å². The summed E-state index contributed by atoms with van der Waals surface area (Å²) >= 11 is 0. The molecule has 0 saturated carbocycles. The van der Waals surface area contributed by atoms with E-state index in [4.69, 9.17) is 5.73 Å². The number of alkyl halides is 3. The van der Waals surface area contributed by atoms with Crippen molar-refractivity contribution in [1.29, 1.82) is 0 Å². The number of nitrogens with one attached hydrogen (secondary N) is 1. The Morgan fingerprint density at radius 2 is 1.63 bits per heavy atom. The van der Waals surface area contributed by atoms with Gasteiger partial charge >= 0.3 is 6.18 Å². The van der Waals surface area contributed by atoms with Gasteiger partial charge in [0.25, 0.3) is 5.91 Å². The standard InChI is InChI=1S/C17H12F6N2O2/c18-10-6-11(19)14(12(20)7-10)16(27)25-13(15(24)26)5-8-2-1-3-9(4-8)17(21,22)23/h1-4,6-7,13H,5H2,(H2,24,26)(H,25,27)/t13-/m0/s1. The zero-order valence-corrected chi connectivity index (χ0v) is 13.4. The monoisotopic (exact) mass is 390 g/mol. The van der Waals surface area contributed by atoms with Crippen molar-refractivity contribution in [3.63, 3.8) is 0 Å². The molecule has 4 nitrogen and oxygen atoms in total. The summed E-state index contributed by atoms with van der Waals surface area (Å²) in [6.07, 6.45) is -5.07. The molecule has 0 aliphatic carbocycles. The largest absolute Gasteiger partial charge is 0.416 e. The van der Waals surface area contributed by atoms with Gasteiger partial charge in [-0.05, 0) is 11.6 Å². The van der Waals surface area contributed by atoms with E-state index in [9.17, 15) is 35.9 Å². The third-order valence-corrected chi connectivity index (χ3v) is 3.58. The van der Waals surface area contributed by atoms with Gasteiger partial charge in [0.05, 0.1) is 5.56 Å². The maximum Gasteiger partial charge on any atom is 0.416 e. The molecular weight excluding hydrogens is 378 g/mol. The Labute approximate surface area is 149 Å². The molecule has 144 valence electrons. The van der Waals surface area contributed by atoms with Crippen molar-refractivity contribution in [1.82, 2.24) is 5.32 Å². The maximum absolute atomic E-state index is 13.6. The second-order valence-electron chi connectivity index (χ2n) is 5.58. The lowest BCUT2D eigenvalue weighted by Gasteiger charge is -2.17. The summed E-state index contributed by atoms with van der Waals surface area (Å²) in [7, 11) is 0. The van der Waals surface area contributed by atoms with Gasteiger partial charge in [0.15, 0.2) is 0 Å². The van der Waals surface area contributed by atoms with E-state index in [0.717, 1.165) is 18.2 Å². The van der Waals surface area contributed by atoms with Crippen molar-refractivity contribution in [2.45, 2.75) is 18.6 Å². The van der Waals surface area contributed by atoms with Gasteiger partial charge in [0.2, 0.25) is 5.91 Å². The molecule has 2 aromatic rings. The predicted molar refractivity (Wildman–Crippen MR) is 81.9 cm³/mol. The van der Waals surface area contributed by atoms with Crippen LogP contribution in [0, 0.1) is 17.5 Å². The van der Waals surface area contributed by atoms with Gasteiger partial charge in [0.1, 0.15) is 29.1 Å². The number of carbonyl (C=O) groups is 2. The lowest BCUT2D eigenvalue weighted by molar-refractivity contribution is -0.137. The highest BCUT2D eigenvalue weighted by atomic mass is 19.4. The SMILES string of the molecule is NC(=O)[C@H](Cc1cccc(C(F)(F)F)c1)NC(=O)c1c(F)cc(F)cc1F. The van der Waals surface area contributed by atoms with Gasteiger partial charge in [-0.25, -0.2) is 13.2 Å². The molecule has 0 aliphatic rings. The summed E-state index contributed by atoms with van der Waals surface area (Å²) < 4.78 is 78.4. The number of amides is 2. The fourth-order valence-corrected chi connectivity index (χ4v) is 2.32. The number of benzene rings is 2. The molecule has 0 aliphatic heterocycles. The highest BCUT2D eigenvalue weighted by Gasteiger charge is 2.31. The zero-order chi connectivity index (χ0) is 20.4. The molecule has 0 spiro atoms. The molecule has 10 heteroatoms. The van der Waals surface area contributed by atoms with Crippen molar-refractivity contribution in [2.24, 2.45) is 5.73 Å². The maximum atomic E-state index is 13.6. The van der Waals surface area contributed by atoms with Crippen LogP contribution in [0.25, 0.3) is 0 Å². The first-order chi connectivity index (χ1) is 12.5. The molecule has 0 saturated heterocycles. The quantitative estimate of drug-likeness (QED) is 0.771. The van der Waals surface area contributed by atoms with Crippen LogP contribution in [0.2, 0.25) is 0 Å². The Hall–Kier alpha value is -3.04. The van der Waals surface area contributed by atoms with Crippen LogP contribution in [0.1, 0.15) is 21.5 Å². The second-order valence-corrected chi connectivity index (χ2v) is 5.58. The Balaban J connectivity index is 2.25. The van der Waals surface area contributed by atoms with E-state index in [0.29, 0.717) is 0 Å². The summed E-state index contributed by atoms with van der Waals surface area (Å²) in [6, 6.07) is 2.90. The van der Waals surface area contributed by atoms with Gasteiger partial charge in [-0.2, -0.15) is 13.2 Å². The lowest BCUT2D eigenvalue weighted by Crippen LogP contribution is -2.46. The highest BCUT2D eigenvalue weighted by molar-refractivity contribution is 5.97. The summed E-state index contributed by atoms with van der Waals surface area (Å²) in [5.41, 5.74) is 2.99. The fourth-order valence-electron chi connectivity index (χ4n) is 2.32. The number of hydrogen-bond donors (Lipinski definition) is 2. The third-order valence-electron chi connectivity index (χ3n) is 3.58. The Morgan fingerprint density at radius 1 is 1.04 bits per heavy atom. The van der Waals surface area contributed by atoms with E-state index < -0.39 is 59.0 Å². The van der Waals surface area contributed by atoms with Crippen LogP contribution < -0.4 is 11.1 Å². The first kappa shape index (κ1) is 20.3. The van der Waals surface area contributed by atoms with Crippen LogP contribution >= 0.6 is 0 Å². The molecule has 2 aromatic carbocycles. The highest BCUT2D eigenvalue weighted by Crippen LogP contribution is 2.29. The van der Waals surface area contributed by atoms with Crippen LogP contribution in [0.15, 0.2) is 36.4 Å².